The molecule has 9 heteroatoms. The Kier molecular flexibility index (Phi) is 5.97. The zero-order chi connectivity index (χ0) is 21.0. The Bertz CT molecular complexity index is 997. The molecular weight excluding hydrogens is 389 g/mol. The molecule has 0 spiro atoms. The van der Waals surface area contributed by atoms with Gasteiger partial charge in [-0.1, -0.05) is 12.1 Å². The quantitative estimate of drug-likeness (QED) is 0.511. The summed E-state index contributed by atoms with van der Waals surface area (Å²) in [6.45, 7) is 0.164. The fraction of sp³-hybridized carbons (Fsp3) is 0.250. The molecule has 0 bridgehead atoms. The lowest BCUT2D eigenvalue weighted by molar-refractivity contribution is -0.274. The number of rotatable bonds is 7. The number of aryl methyl sites for hydroxylation is 1. The lowest BCUT2D eigenvalue weighted by atomic mass is 10.1. The molecule has 1 amide bonds. The van der Waals surface area contributed by atoms with Crippen LogP contribution in [0.15, 0.2) is 48.7 Å². The van der Waals surface area contributed by atoms with E-state index < -0.39 is 12.5 Å². The smallest absolute Gasteiger partial charge is 0.465 e. The maximum Gasteiger partial charge on any atom is 0.573 e. The number of ether oxygens (including phenoxy) is 1. The van der Waals surface area contributed by atoms with Gasteiger partial charge in [0.1, 0.15) is 5.75 Å². The lowest BCUT2D eigenvalue weighted by Gasteiger charge is -2.10. The number of aliphatic hydroxyl groups excluding tert-OH is 1. The molecule has 0 aliphatic heterocycles. The summed E-state index contributed by atoms with van der Waals surface area (Å²) in [7, 11) is 0. The molecule has 3 aromatic rings. The fourth-order valence-corrected chi connectivity index (χ4v) is 3.14. The van der Waals surface area contributed by atoms with Crippen molar-refractivity contribution in [2.45, 2.75) is 25.8 Å². The highest BCUT2D eigenvalue weighted by molar-refractivity contribution is 5.86. The maximum atomic E-state index is 12.4. The molecule has 3 rings (SSSR count). The lowest BCUT2D eigenvalue weighted by Crippen LogP contribution is -2.22. The van der Waals surface area contributed by atoms with Crippen LogP contribution in [0.5, 0.6) is 5.75 Å². The number of carbonyl (C=O) groups is 1. The molecule has 0 radical (unpaired) electrons. The average molecular weight is 408 g/mol. The summed E-state index contributed by atoms with van der Waals surface area (Å²) in [4.78, 5) is 10.6. The van der Waals surface area contributed by atoms with Gasteiger partial charge in [0, 0.05) is 23.8 Å². The second-order valence-corrected chi connectivity index (χ2v) is 6.41. The third kappa shape index (κ3) is 5.20. The minimum Gasteiger partial charge on any atom is -0.465 e. The normalized spacial score (nSPS) is 11.6. The minimum absolute atomic E-state index is 0.142. The van der Waals surface area contributed by atoms with E-state index in [4.69, 9.17) is 5.11 Å². The monoisotopic (exact) mass is 408 g/mol. The number of alkyl halides is 3. The Labute approximate surface area is 164 Å². The van der Waals surface area contributed by atoms with Crippen LogP contribution in [0, 0.1) is 0 Å². The number of nitrogens with one attached hydrogen (secondary N) is 1. The zero-order valence-electron chi connectivity index (χ0n) is 15.2. The molecule has 0 aliphatic rings. The second-order valence-electron chi connectivity index (χ2n) is 6.41. The molecule has 3 N–H and O–H groups in total. The third-order valence-corrected chi connectivity index (χ3v) is 4.38. The van der Waals surface area contributed by atoms with Gasteiger partial charge in [0.15, 0.2) is 0 Å². The number of benzene rings is 2. The number of aliphatic hydroxyl groups is 1. The van der Waals surface area contributed by atoms with E-state index >= 15 is 0 Å². The molecule has 0 atom stereocenters. The van der Waals surface area contributed by atoms with Crippen molar-refractivity contribution in [3.8, 4) is 11.4 Å². The predicted octanol–water partition coefficient (Wildman–Crippen LogP) is 4.22. The summed E-state index contributed by atoms with van der Waals surface area (Å²) < 4.78 is 42.8. The first kappa shape index (κ1) is 20.5. The summed E-state index contributed by atoms with van der Waals surface area (Å²) in [5.74, 6) is -0.311. The van der Waals surface area contributed by atoms with Gasteiger partial charge in [-0.05, 0) is 54.3 Å². The van der Waals surface area contributed by atoms with Crippen LogP contribution in [-0.4, -0.2) is 33.8 Å². The first-order chi connectivity index (χ1) is 13.8. The van der Waals surface area contributed by atoms with Crippen LogP contribution in [0.25, 0.3) is 16.6 Å². The molecule has 0 saturated carbocycles. The number of hydrogen-bond donors (Lipinski definition) is 3. The van der Waals surface area contributed by atoms with Crippen LogP contribution in [-0.2, 0) is 13.0 Å². The van der Waals surface area contributed by atoms with Crippen LogP contribution in [0.3, 0.4) is 0 Å². The highest BCUT2D eigenvalue weighted by Crippen LogP contribution is 2.29. The molecule has 2 aromatic carbocycles. The number of aromatic nitrogens is 1. The maximum absolute atomic E-state index is 12.4. The Morgan fingerprint density at radius 1 is 1.14 bits per heavy atom. The topological polar surface area (TPSA) is 83.7 Å². The van der Waals surface area contributed by atoms with Crippen molar-refractivity contribution in [2.24, 2.45) is 0 Å². The molecule has 29 heavy (non-hydrogen) atoms. The first-order valence-electron chi connectivity index (χ1n) is 8.83. The number of amides is 1. The van der Waals surface area contributed by atoms with Gasteiger partial charge in [-0.2, -0.15) is 0 Å². The molecule has 154 valence electrons. The van der Waals surface area contributed by atoms with E-state index in [-0.39, 0.29) is 12.4 Å². The summed E-state index contributed by atoms with van der Waals surface area (Å²) in [6.07, 6.45) is -2.77. The standard InChI is InChI=1S/C20H19F3N2O4/c21-20(22,23)29-16-6-4-15(5-7-16)25-11-14(2-1-9-24-19(27)28)17-8-3-13(12-26)10-18(17)25/h3-8,10-11,24,26H,1-2,9,12H2,(H,27,28). The van der Waals surface area contributed by atoms with E-state index in [0.29, 0.717) is 30.6 Å². The van der Waals surface area contributed by atoms with Gasteiger partial charge in [0.05, 0.1) is 12.1 Å². The van der Waals surface area contributed by atoms with E-state index in [1.54, 1.807) is 6.07 Å². The van der Waals surface area contributed by atoms with Gasteiger partial charge in [-0.3, -0.25) is 0 Å². The van der Waals surface area contributed by atoms with Crippen molar-refractivity contribution in [1.29, 1.82) is 0 Å². The van der Waals surface area contributed by atoms with Gasteiger partial charge >= 0.3 is 12.5 Å². The van der Waals surface area contributed by atoms with Gasteiger partial charge in [-0.15, -0.1) is 13.2 Å². The number of nitrogens with zero attached hydrogens (tertiary/aromatic N) is 1. The molecule has 1 aromatic heterocycles. The Morgan fingerprint density at radius 2 is 1.86 bits per heavy atom. The van der Waals surface area contributed by atoms with Crippen LogP contribution >= 0.6 is 0 Å². The molecule has 6 nitrogen and oxygen atoms in total. The van der Waals surface area contributed by atoms with Crippen molar-refractivity contribution < 1.29 is 32.9 Å². The van der Waals surface area contributed by atoms with Crippen LogP contribution in [0.4, 0.5) is 18.0 Å². The summed E-state index contributed by atoms with van der Waals surface area (Å²) in [5, 5.41) is 21.3. The zero-order valence-corrected chi connectivity index (χ0v) is 15.2. The van der Waals surface area contributed by atoms with Gasteiger partial charge in [0.25, 0.3) is 0 Å². The average Bonchev–Trinajstić information content (AvgIpc) is 3.02. The van der Waals surface area contributed by atoms with Crippen molar-refractivity contribution in [2.75, 3.05) is 6.54 Å². The largest absolute Gasteiger partial charge is 0.573 e. The summed E-state index contributed by atoms with van der Waals surface area (Å²) >= 11 is 0. The van der Waals surface area contributed by atoms with Crippen molar-refractivity contribution in [1.82, 2.24) is 9.88 Å². The van der Waals surface area contributed by atoms with Crippen molar-refractivity contribution >= 4 is 17.0 Å². The Balaban J connectivity index is 1.92. The third-order valence-electron chi connectivity index (χ3n) is 4.38. The summed E-state index contributed by atoms with van der Waals surface area (Å²) in [5.41, 5.74) is 3.09. The van der Waals surface area contributed by atoms with Crippen molar-refractivity contribution in [3.63, 3.8) is 0 Å². The van der Waals surface area contributed by atoms with E-state index in [9.17, 15) is 23.1 Å². The van der Waals surface area contributed by atoms with E-state index in [2.05, 4.69) is 10.1 Å². The van der Waals surface area contributed by atoms with Crippen LogP contribution in [0.1, 0.15) is 17.5 Å². The van der Waals surface area contributed by atoms with E-state index in [0.717, 1.165) is 16.5 Å². The number of halogens is 3. The summed E-state index contributed by atoms with van der Waals surface area (Å²) in [6, 6.07) is 11.0. The second kappa shape index (κ2) is 8.44. The van der Waals surface area contributed by atoms with Gasteiger partial charge < -0.3 is 24.8 Å². The van der Waals surface area contributed by atoms with E-state index in [1.165, 1.54) is 24.3 Å². The van der Waals surface area contributed by atoms with Crippen LogP contribution < -0.4 is 10.1 Å². The number of carboxylic acid groups (broad SMARTS) is 1. The highest BCUT2D eigenvalue weighted by Gasteiger charge is 2.31. The fourth-order valence-electron chi connectivity index (χ4n) is 3.14. The molecule has 0 fully saturated rings. The molecule has 0 aliphatic carbocycles. The van der Waals surface area contributed by atoms with Gasteiger partial charge in [0.2, 0.25) is 0 Å². The molecule has 0 unspecified atom stereocenters. The molecule has 0 saturated heterocycles. The number of hydrogen-bond acceptors (Lipinski definition) is 3. The number of fused-ring (bicyclic) bond motifs is 1. The Morgan fingerprint density at radius 3 is 2.48 bits per heavy atom. The molecule has 1 heterocycles. The molecular formula is C20H19F3N2O4. The van der Waals surface area contributed by atoms with Crippen molar-refractivity contribution in [3.05, 3.63) is 59.8 Å². The predicted molar refractivity (Wildman–Crippen MR) is 100 cm³/mol. The van der Waals surface area contributed by atoms with Crippen LogP contribution in [0.2, 0.25) is 0 Å². The highest BCUT2D eigenvalue weighted by atomic mass is 19.4. The van der Waals surface area contributed by atoms with E-state index in [1.807, 2.05) is 22.9 Å². The van der Waals surface area contributed by atoms with Gasteiger partial charge in [-0.25, -0.2) is 4.79 Å². The SMILES string of the molecule is O=C(O)NCCCc1cn(-c2ccc(OC(F)(F)F)cc2)c2cc(CO)ccc12. The first-order valence-corrected chi connectivity index (χ1v) is 8.83. The minimum atomic E-state index is -4.76. The Hall–Kier alpha value is -3.20.